The summed E-state index contributed by atoms with van der Waals surface area (Å²) in [5, 5.41) is 16.5. The quantitative estimate of drug-likeness (QED) is 0.597. The molecule has 3 heterocycles. The van der Waals surface area contributed by atoms with Crippen LogP contribution in [0.25, 0.3) is 0 Å². The number of hydrogen-bond donors (Lipinski definition) is 4. The second-order valence-electron chi connectivity index (χ2n) is 5.71. The summed E-state index contributed by atoms with van der Waals surface area (Å²) >= 11 is 0. The second kappa shape index (κ2) is 7.23. The molecule has 0 radical (unpaired) electrons. The molecule has 0 aromatic carbocycles. The number of nitrogens with one attached hydrogen (secondary N) is 4. The number of aromatic nitrogens is 3. The fourth-order valence-corrected chi connectivity index (χ4v) is 2.58. The fourth-order valence-electron chi connectivity index (χ4n) is 2.58. The number of carbonyl (C=O) groups is 1. The molecule has 4 N–H and O–H groups in total. The number of aryl methyl sites for hydroxylation is 1. The van der Waals surface area contributed by atoms with E-state index in [2.05, 4.69) is 31.1 Å². The van der Waals surface area contributed by atoms with Crippen molar-refractivity contribution in [2.45, 2.75) is 26.3 Å². The number of rotatable bonds is 6. The molecule has 0 unspecified atom stereocenters. The third-order valence-corrected chi connectivity index (χ3v) is 3.88. The number of fused-ring (bicyclic) bond motifs is 1. The van der Waals surface area contributed by atoms with Gasteiger partial charge in [-0.3, -0.25) is 9.89 Å². The van der Waals surface area contributed by atoms with Crippen LogP contribution in [0.4, 0.5) is 5.82 Å². The molecule has 23 heavy (non-hydrogen) atoms. The molecule has 1 amide bonds. The Labute approximate surface area is 135 Å². The van der Waals surface area contributed by atoms with Gasteiger partial charge < -0.3 is 16.0 Å². The van der Waals surface area contributed by atoms with Crippen LogP contribution in [0.2, 0.25) is 0 Å². The number of amides is 1. The zero-order valence-electron chi connectivity index (χ0n) is 13.3. The van der Waals surface area contributed by atoms with E-state index in [0.717, 1.165) is 48.6 Å². The third-order valence-electron chi connectivity index (χ3n) is 3.88. The fraction of sp³-hybridized carbons (Fsp3) is 0.438. The molecule has 1 aliphatic rings. The molecular formula is C16H22N6O. The van der Waals surface area contributed by atoms with Gasteiger partial charge in [0.2, 0.25) is 0 Å². The highest BCUT2D eigenvalue weighted by molar-refractivity contribution is 5.94. The van der Waals surface area contributed by atoms with E-state index < -0.39 is 0 Å². The molecule has 7 nitrogen and oxygen atoms in total. The lowest BCUT2D eigenvalue weighted by Gasteiger charge is -2.12. The van der Waals surface area contributed by atoms with Crippen molar-refractivity contribution in [3.8, 4) is 0 Å². The summed E-state index contributed by atoms with van der Waals surface area (Å²) in [6.45, 7) is 5.00. The van der Waals surface area contributed by atoms with Crippen molar-refractivity contribution in [2.75, 3.05) is 25.0 Å². The molecule has 0 bridgehead atoms. The largest absolute Gasteiger partial charge is 0.370 e. The molecule has 0 saturated carbocycles. The predicted molar refractivity (Wildman–Crippen MR) is 88.4 cm³/mol. The van der Waals surface area contributed by atoms with Crippen molar-refractivity contribution in [3.63, 3.8) is 0 Å². The molecule has 0 spiro atoms. The Kier molecular flexibility index (Phi) is 4.87. The van der Waals surface area contributed by atoms with Crippen molar-refractivity contribution < 1.29 is 4.79 Å². The van der Waals surface area contributed by atoms with Crippen LogP contribution in [-0.2, 0) is 13.0 Å². The first kappa shape index (κ1) is 15.5. The van der Waals surface area contributed by atoms with E-state index in [4.69, 9.17) is 0 Å². The van der Waals surface area contributed by atoms with Gasteiger partial charge in [-0.15, -0.1) is 0 Å². The molecule has 2 aromatic heterocycles. The van der Waals surface area contributed by atoms with Gasteiger partial charge in [-0.1, -0.05) is 6.07 Å². The lowest BCUT2D eigenvalue weighted by Crippen LogP contribution is -2.29. The normalized spacial score (nSPS) is 13.4. The summed E-state index contributed by atoms with van der Waals surface area (Å²) in [7, 11) is 0. The van der Waals surface area contributed by atoms with E-state index in [9.17, 15) is 4.79 Å². The number of carbonyl (C=O) groups excluding carboxylic acids is 1. The van der Waals surface area contributed by atoms with Gasteiger partial charge in [-0.25, -0.2) is 4.98 Å². The molecule has 0 atom stereocenters. The van der Waals surface area contributed by atoms with Gasteiger partial charge in [-0.05, 0) is 25.0 Å². The first-order chi connectivity index (χ1) is 11.2. The Balaban J connectivity index is 1.41. The maximum Gasteiger partial charge on any atom is 0.272 e. The van der Waals surface area contributed by atoms with Crippen molar-refractivity contribution in [1.29, 1.82) is 0 Å². The summed E-state index contributed by atoms with van der Waals surface area (Å²) in [4.78, 5) is 16.5. The number of anilines is 1. The van der Waals surface area contributed by atoms with Gasteiger partial charge in [0, 0.05) is 50.1 Å². The van der Waals surface area contributed by atoms with Crippen LogP contribution in [0, 0.1) is 6.92 Å². The van der Waals surface area contributed by atoms with Crippen molar-refractivity contribution in [3.05, 3.63) is 40.8 Å². The summed E-state index contributed by atoms with van der Waals surface area (Å²) in [5.41, 5.74) is 3.72. The SMILES string of the molecule is Cc1ccc(NCCCNC(=O)c2n[nH]c3c2CNCC3)nc1. The highest BCUT2D eigenvalue weighted by Gasteiger charge is 2.20. The highest BCUT2D eigenvalue weighted by Crippen LogP contribution is 2.14. The minimum atomic E-state index is -0.111. The number of nitrogens with zero attached hydrogens (tertiary/aromatic N) is 2. The average molecular weight is 314 g/mol. The minimum Gasteiger partial charge on any atom is -0.370 e. The van der Waals surface area contributed by atoms with Crippen LogP contribution in [0.3, 0.4) is 0 Å². The number of hydrogen-bond acceptors (Lipinski definition) is 5. The maximum absolute atomic E-state index is 12.2. The van der Waals surface area contributed by atoms with E-state index in [-0.39, 0.29) is 5.91 Å². The van der Waals surface area contributed by atoms with Gasteiger partial charge in [0.05, 0.1) is 0 Å². The molecule has 3 rings (SSSR count). The zero-order valence-corrected chi connectivity index (χ0v) is 13.3. The molecule has 0 aliphatic carbocycles. The zero-order chi connectivity index (χ0) is 16.1. The van der Waals surface area contributed by atoms with E-state index in [0.29, 0.717) is 18.8 Å². The number of aromatic amines is 1. The van der Waals surface area contributed by atoms with Gasteiger partial charge in [-0.2, -0.15) is 5.10 Å². The Hall–Kier alpha value is -2.41. The lowest BCUT2D eigenvalue weighted by molar-refractivity contribution is 0.0947. The molecule has 7 heteroatoms. The Bertz CT molecular complexity index is 664. The Morgan fingerprint density at radius 1 is 1.35 bits per heavy atom. The summed E-state index contributed by atoms with van der Waals surface area (Å²) in [6, 6.07) is 3.97. The Morgan fingerprint density at radius 3 is 3.09 bits per heavy atom. The summed E-state index contributed by atoms with van der Waals surface area (Å²) in [6.07, 6.45) is 3.55. The minimum absolute atomic E-state index is 0.111. The van der Waals surface area contributed by atoms with Crippen LogP contribution >= 0.6 is 0 Å². The highest BCUT2D eigenvalue weighted by atomic mass is 16.1. The first-order valence-corrected chi connectivity index (χ1v) is 7.95. The molecule has 0 saturated heterocycles. The smallest absolute Gasteiger partial charge is 0.272 e. The molecular weight excluding hydrogens is 292 g/mol. The van der Waals surface area contributed by atoms with E-state index in [1.165, 1.54) is 0 Å². The van der Waals surface area contributed by atoms with Gasteiger partial charge in [0.1, 0.15) is 5.82 Å². The van der Waals surface area contributed by atoms with Crippen LogP contribution in [0.1, 0.15) is 33.7 Å². The average Bonchev–Trinajstić information content (AvgIpc) is 3.00. The predicted octanol–water partition coefficient (Wildman–Crippen LogP) is 0.991. The third kappa shape index (κ3) is 3.87. The standard InChI is InChI=1S/C16H22N6O/c1-11-3-4-14(20-9-11)18-6-2-7-19-16(23)15-12-10-17-8-5-13(12)21-22-15/h3-4,9,17H,2,5-8,10H2,1H3,(H,18,20)(H,19,23)(H,21,22). The number of pyridine rings is 1. The summed E-state index contributed by atoms with van der Waals surface area (Å²) < 4.78 is 0. The topological polar surface area (TPSA) is 94.7 Å². The van der Waals surface area contributed by atoms with Gasteiger partial charge in [0.15, 0.2) is 5.69 Å². The van der Waals surface area contributed by atoms with Gasteiger partial charge >= 0.3 is 0 Å². The van der Waals surface area contributed by atoms with Crippen molar-refractivity contribution in [1.82, 2.24) is 25.8 Å². The second-order valence-corrected chi connectivity index (χ2v) is 5.71. The van der Waals surface area contributed by atoms with Crippen LogP contribution in [0.5, 0.6) is 0 Å². The number of H-pyrrole nitrogens is 1. The maximum atomic E-state index is 12.2. The van der Waals surface area contributed by atoms with Crippen LogP contribution in [0.15, 0.2) is 18.3 Å². The van der Waals surface area contributed by atoms with Crippen molar-refractivity contribution in [2.24, 2.45) is 0 Å². The van der Waals surface area contributed by atoms with E-state index in [1.807, 2.05) is 25.3 Å². The van der Waals surface area contributed by atoms with Crippen LogP contribution in [-0.4, -0.2) is 40.7 Å². The van der Waals surface area contributed by atoms with E-state index in [1.54, 1.807) is 0 Å². The lowest BCUT2D eigenvalue weighted by atomic mass is 10.1. The summed E-state index contributed by atoms with van der Waals surface area (Å²) in [5.74, 6) is 0.744. The molecule has 122 valence electrons. The Morgan fingerprint density at radius 2 is 2.26 bits per heavy atom. The van der Waals surface area contributed by atoms with Crippen LogP contribution < -0.4 is 16.0 Å². The van der Waals surface area contributed by atoms with E-state index >= 15 is 0 Å². The molecule has 0 fully saturated rings. The monoisotopic (exact) mass is 314 g/mol. The first-order valence-electron chi connectivity index (χ1n) is 7.95. The van der Waals surface area contributed by atoms with Gasteiger partial charge in [0.25, 0.3) is 5.91 Å². The molecule has 2 aromatic rings. The molecule has 1 aliphatic heterocycles. The van der Waals surface area contributed by atoms with Crippen molar-refractivity contribution >= 4 is 11.7 Å².